The summed E-state index contributed by atoms with van der Waals surface area (Å²) < 4.78 is 7.10. The summed E-state index contributed by atoms with van der Waals surface area (Å²) in [5.74, 6) is -0.0269. The highest BCUT2D eigenvalue weighted by Gasteiger charge is 2.25. The molecule has 0 bridgehead atoms. The Labute approximate surface area is 152 Å². The number of hydrogen-bond acceptors (Lipinski definition) is 5. The van der Waals surface area contributed by atoms with E-state index >= 15 is 0 Å². The van der Waals surface area contributed by atoms with Gasteiger partial charge in [0.15, 0.2) is 0 Å². The van der Waals surface area contributed by atoms with Crippen LogP contribution in [0.15, 0.2) is 35.4 Å². The molecule has 26 heavy (non-hydrogen) atoms. The standard InChI is InChI=1S/C19H24N4O3/c24-18(13-23-14-20-17-6-2-1-5-16(17)19(23)25)22-9-7-21(8-10-22)12-15-4-3-11-26-15/h1-2,5-6,14-15H,3-4,7-13H2/t15-/m0/s1. The van der Waals surface area contributed by atoms with E-state index in [0.29, 0.717) is 30.1 Å². The smallest absolute Gasteiger partial charge is 0.261 e. The van der Waals surface area contributed by atoms with E-state index in [4.69, 9.17) is 4.74 Å². The molecule has 2 aliphatic heterocycles. The van der Waals surface area contributed by atoms with Crippen molar-refractivity contribution in [2.45, 2.75) is 25.5 Å². The SMILES string of the molecule is O=C(Cn1cnc2ccccc2c1=O)N1CCN(C[C@@H]2CCCO2)CC1. The molecule has 1 amide bonds. The van der Waals surface area contributed by atoms with Gasteiger partial charge in [0.25, 0.3) is 5.56 Å². The molecule has 7 nitrogen and oxygen atoms in total. The molecule has 2 aliphatic rings. The Hall–Kier alpha value is -2.25. The molecule has 1 aromatic carbocycles. The zero-order chi connectivity index (χ0) is 17.9. The normalized spacial score (nSPS) is 21.4. The molecular weight excluding hydrogens is 332 g/mol. The zero-order valence-electron chi connectivity index (χ0n) is 14.8. The maximum atomic E-state index is 12.6. The van der Waals surface area contributed by atoms with Crippen molar-refractivity contribution in [3.05, 3.63) is 40.9 Å². The molecule has 7 heteroatoms. The number of rotatable bonds is 4. The molecule has 0 saturated carbocycles. The highest BCUT2D eigenvalue weighted by molar-refractivity contribution is 5.79. The van der Waals surface area contributed by atoms with Crippen LogP contribution in [-0.2, 0) is 16.1 Å². The molecule has 0 aliphatic carbocycles. The quantitative estimate of drug-likeness (QED) is 0.808. The van der Waals surface area contributed by atoms with Crippen molar-refractivity contribution in [2.24, 2.45) is 0 Å². The lowest BCUT2D eigenvalue weighted by Gasteiger charge is -2.35. The average Bonchev–Trinajstić information content (AvgIpc) is 3.18. The van der Waals surface area contributed by atoms with Crippen LogP contribution in [0.25, 0.3) is 10.9 Å². The molecule has 4 rings (SSSR count). The first-order valence-electron chi connectivity index (χ1n) is 9.26. The zero-order valence-corrected chi connectivity index (χ0v) is 14.8. The maximum absolute atomic E-state index is 12.6. The lowest BCUT2D eigenvalue weighted by molar-refractivity contribution is -0.133. The Morgan fingerprint density at radius 3 is 2.77 bits per heavy atom. The van der Waals surface area contributed by atoms with Crippen LogP contribution in [0, 0.1) is 0 Å². The summed E-state index contributed by atoms with van der Waals surface area (Å²) in [5, 5.41) is 0.546. The minimum absolute atomic E-state index is 0.0269. The van der Waals surface area contributed by atoms with Gasteiger partial charge in [-0.15, -0.1) is 0 Å². The first kappa shape index (κ1) is 17.2. The number of aromatic nitrogens is 2. The molecule has 138 valence electrons. The van der Waals surface area contributed by atoms with Crippen LogP contribution in [-0.4, -0.2) is 70.7 Å². The van der Waals surface area contributed by atoms with Gasteiger partial charge in [0.2, 0.25) is 5.91 Å². The second kappa shape index (κ2) is 7.55. The van der Waals surface area contributed by atoms with Gasteiger partial charge < -0.3 is 9.64 Å². The van der Waals surface area contributed by atoms with E-state index in [-0.39, 0.29) is 18.0 Å². The monoisotopic (exact) mass is 356 g/mol. The molecular formula is C19H24N4O3. The number of hydrogen-bond donors (Lipinski definition) is 0. The van der Waals surface area contributed by atoms with Gasteiger partial charge in [0, 0.05) is 39.3 Å². The average molecular weight is 356 g/mol. The van der Waals surface area contributed by atoms with E-state index in [1.165, 1.54) is 10.9 Å². The van der Waals surface area contributed by atoms with E-state index in [0.717, 1.165) is 39.1 Å². The van der Waals surface area contributed by atoms with Gasteiger partial charge in [0.05, 0.1) is 23.3 Å². The molecule has 0 unspecified atom stereocenters. The number of piperazine rings is 1. The van der Waals surface area contributed by atoms with Crippen LogP contribution < -0.4 is 5.56 Å². The summed E-state index contributed by atoms with van der Waals surface area (Å²) in [6.07, 6.45) is 4.10. The predicted octanol–water partition coefficient (Wildman–Crippen LogP) is 0.720. The van der Waals surface area contributed by atoms with E-state index in [2.05, 4.69) is 9.88 Å². The molecule has 2 saturated heterocycles. The molecule has 1 aromatic heterocycles. The fraction of sp³-hybridized carbons (Fsp3) is 0.526. The number of benzene rings is 1. The van der Waals surface area contributed by atoms with E-state index in [9.17, 15) is 9.59 Å². The van der Waals surface area contributed by atoms with Crippen molar-refractivity contribution in [1.29, 1.82) is 0 Å². The Morgan fingerprint density at radius 2 is 2.00 bits per heavy atom. The van der Waals surface area contributed by atoms with Crippen LogP contribution in [0.4, 0.5) is 0 Å². The summed E-state index contributed by atoms with van der Waals surface area (Å²) in [5.41, 5.74) is 0.491. The minimum atomic E-state index is -0.166. The Morgan fingerprint density at radius 1 is 1.19 bits per heavy atom. The molecule has 2 fully saturated rings. The van der Waals surface area contributed by atoms with Crippen LogP contribution >= 0.6 is 0 Å². The van der Waals surface area contributed by atoms with Crippen molar-refractivity contribution in [3.63, 3.8) is 0 Å². The van der Waals surface area contributed by atoms with E-state index in [1.54, 1.807) is 12.1 Å². The van der Waals surface area contributed by atoms with Gasteiger partial charge in [-0.2, -0.15) is 0 Å². The third-order valence-corrected chi connectivity index (χ3v) is 5.25. The van der Waals surface area contributed by atoms with Crippen LogP contribution in [0.5, 0.6) is 0 Å². The van der Waals surface area contributed by atoms with Crippen molar-refractivity contribution in [3.8, 4) is 0 Å². The number of fused-ring (bicyclic) bond motifs is 1. The van der Waals surface area contributed by atoms with Gasteiger partial charge in [-0.05, 0) is 25.0 Å². The first-order valence-corrected chi connectivity index (χ1v) is 9.26. The summed E-state index contributed by atoms with van der Waals surface area (Å²) in [4.78, 5) is 33.6. The highest BCUT2D eigenvalue weighted by Crippen LogP contribution is 2.14. The van der Waals surface area contributed by atoms with Gasteiger partial charge in [-0.1, -0.05) is 12.1 Å². The van der Waals surface area contributed by atoms with Gasteiger partial charge in [-0.3, -0.25) is 19.1 Å². The number of amides is 1. The number of para-hydroxylation sites is 1. The fourth-order valence-electron chi connectivity index (χ4n) is 3.72. The fourth-order valence-corrected chi connectivity index (χ4v) is 3.72. The van der Waals surface area contributed by atoms with Gasteiger partial charge >= 0.3 is 0 Å². The molecule has 2 aromatic rings. The molecule has 0 N–H and O–H groups in total. The predicted molar refractivity (Wildman–Crippen MR) is 98.0 cm³/mol. The number of carbonyl (C=O) groups excluding carboxylic acids is 1. The molecule has 0 radical (unpaired) electrons. The number of carbonyl (C=O) groups is 1. The highest BCUT2D eigenvalue weighted by atomic mass is 16.5. The number of nitrogens with zero attached hydrogens (tertiary/aromatic N) is 4. The second-order valence-corrected chi connectivity index (χ2v) is 7.01. The summed E-state index contributed by atoms with van der Waals surface area (Å²) in [7, 11) is 0. The van der Waals surface area contributed by atoms with Crippen LogP contribution in [0.2, 0.25) is 0 Å². The van der Waals surface area contributed by atoms with Crippen LogP contribution in [0.3, 0.4) is 0 Å². The summed E-state index contributed by atoms with van der Waals surface area (Å²) >= 11 is 0. The molecule has 0 spiro atoms. The van der Waals surface area contributed by atoms with E-state index in [1.807, 2.05) is 17.0 Å². The third kappa shape index (κ3) is 3.64. The van der Waals surface area contributed by atoms with E-state index < -0.39 is 0 Å². The number of ether oxygens (including phenoxy) is 1. The van der Waals surface area contributed by atoms with Crippen LogP contribution in [0.1, 0.15) is 12.8 Å². The van der Waals surface area contributed by atoms with Crippen molar-refractivity contribution < 1.29 is 9.53 Å². The molecule has 3 heterocycles. The van der Waals surface area contributed by atoms with Crippen molar-refractivity contribution >= 4 is 16.8 Å². The molecule has 1 atom stereocenters. The van der Waals surface area contributed by atoms with Crippen molar-refractivity contribution in [1.82, 2.24) is 19.4 Å². The first-order chi connectivity index (χ1) is 12.7. The summed E-state index contributed by atoms with van der Waals surface area (Å²) in [6, 6.07) is 7.21. The van der Waals surface area contributed by atoms with Gasteiger partial charge in [0.1, 0.15) is 6.54 Å². The largest absolute Gasteiger partial charge is 0.377 e. The van der Waals surface area contributed by atoms with Crippen molar-refractivity contribution in [2.75, 3.05) is 39.3 Å². The summed E-state index contributed by atoms with van der Waals surface area (Å²) in [6.45, 7) is 4.98. The Kier molecular flexibility index (Phi) is 4.99. The lowest BCUT2D eigenvalue weighted by Crippen LogP contribution is -2.51. The lowest BCUT2D eigenvalue weighted by atomic mass is 10.2. The van der Waals surface area contributed by atoms with Gasteiger partial charge in [-0.25, -0.2) is 4.98 Å². The second-order valence-electron chi connectivity index (χ2n) is 7.01. The third-order valence-electron chi connectivity index (χ3n) is 5.25. The topological polar surface area (TPSA) is 67.7 Å². The minimum Gasteiger partial charge on any atom is -0.377 e. The Balaban J connectivity index is 1.35. The Bertz CT molecular complexity index is 836. The maximum Gasteiger partial charge on any atom is 0.261 e.